The van der Waals surface area contributed by atoms with Crippen LogP contribution in [0.3, 0.4) is 0 Å². The Balaban J connectivity index is 2.25. The molecule has 2 N–H and O–H groups in total. The van der Waals surface area contributed by atoms with Crippen LogP contribution in [0.4, 0.5) is 21.7 Å². The van der Waals surface area contributed by atoms with Gasteiger partial charge in [-0.15, -0.1) is 0 Å². The summed E-state index contributed by atoms with van der Waals surface area (Å²) in [5.41, 5.74) is 0.596. The van der Waals surface area contributed by atoms with E-state index >= 15 is 0 Å². The highest BCUT2D eigenvalue weighted by molar-refractivity contribution is 5.60. The van der Waals surface area contributed by atoms with Crippen molar-refractivity contribution in [1.82, 2.24) is 9.97 Å². The fourth-order valence-electron chi connectivity index (χ4n) is 1.65. The maximum Gasteiger partial charge on any atom is 0.167 e. The van der Waals surface area contributed by atoms with Crippen LogP contribution in [0.25, 0.3) is 0 Å². The van der Waals surface area contributed by atoms with Gasteiger partial charge in [0.25, 0.3) is 0 Å². The molecule has 2 rings (SSSR count). The van der Waals surface area contributed by atoms with Crippen molar-refractivity contribution in [3.8, 4) is 5.75 Å². The van der Waals surface area contributed by atoms with Crippen LogP contribution in [-0.4, -0.2) is 24.1 Å². The van der Waals surface area contributed by atoms with E-state index in [0.717, 1.165) is 0 Å². The van der Waals surface area contributed by atoms with E-state index in [2.05, 4.69) is 20.6 Å². The molecule has 100 valence electrons. The van der Waals surface area contributed by atoms with Crippen LogP contribution in [0, 0.1) is 12.7 Å². The monoisotopic (exact) mass is 262 g/mol. The Kier molecular flexibility index (Phi) is 3.79. The summed E-state index contributed by atoms with van der Waals surface area (Å²) in [5.74, 6) is 1.71. The number of rotatable bonds is 4. The van der Waals surface area contributed by atoms with Crippen molar-refractivity contribution in [3.05, 3.63) is 35.9 Å². The third-order valence-electron chi connectivity index (χ3n) is 2.52. The predicted octanol–water partition coefficient (Wildman–Crippen LogP) is 2.72. The maximum atomic E-state index is 13.6. The zero-order chi connectivity index (χ0) is 13.8. The molecular weight excluding hydrogens is 247 g/mol. The highest BCUT2D eigenvalue weighted by atomic mass is 19.1. The van der Waals surface area contributed by atoms with Crippen molar-refractivity contribution >= 4 is 17.3 Å². The molecule has 0 amide bonds. The number of methoxy groups -OCH3 is 1. The predicted molar refractivity (Wildman–Crippen MR) is 72.6 cm³/mol. The number of anilines is 3. The molecule has 6 heteroatoms. The standard InChI is InChI=1S/C13H15FN4O/c1-8-16-12(15-2)7-13(17-8)18-9-4-5-11(19-3)10(14)6-9/h4-7H,1-3H3,(H2,15,16,17,18). The minimum atomic E-state index is -0.424. The summed E-state index contributed by atoms with van der Waals surface area (Å²) >= 11 is 0. The molecule has 0 aliphatic heterocycles. The van der Waals surface area contributed by atoms with Gasteiger partial charge in [0.1, 0.15) is 17.5 Å². The first-order chi connectivity index (χ1) is 9.12. The molecule has 0 unspecified atom stereocenters. The van der Waals surface area contributed by atoms with Gasteiger partial charge in [-0.05, 0) is 19.1 Å². The van der Waals surface area contributed by atoms with Crippen LogP contribution in [0.15, 0.2) is 24.3 Å². The van der Waals surface area contributed by atoms with Crippen molar-refractivity contribution in [1.29, 1.82) is 0 Å². The van der Waals surface area contributed by atoms with Crippen LogP contribution >= 0.6 is 0 Å². The van der Waals surface area contributed by atoms with Gasteiger partial charge in [0.05, 0.1) is 7.11 Å². The summed E-state index contributed by atoms with van der Waals surface area (Å²) < 4.78 is 18.4. The molecule has 1 heterocycles. The number of nitrogens with one attached hydrogen (secondary N) is 2. The van der Waals surface area contributed by atoms with E-state index in [1.165, 1.54) is 13.2 Å². The lowest BCUT2D eigenvalue weighted by Crippen LogP contribution is -2.01. The first-order valence-corrected chi connectivity index (χ1v) is 5.76. The smallest absolute Gasteiger partial charge is 0.167 e. The molecule has 0 bridgehead atoms. The number of ether oxygens (including phenoxy) is 1. The average molecular weight is 262 g/mol. The normalized spacial score (nSPS) is 10.1. The lowest BCUT2D eigenvalue weighted by Gasteiger charge is -2.09. The molecule has 2 aromatic rings. The van der Waals surface area contributed by atoms with E-state index < -0.39 is 5.82 Å². The summed E-state index contributed by atoms with van der Waals surface area (Å²) in [4.78, 5) is 8.42. The second kappa shape index (κ2) is 5.51. The van der Waals surface area contributed by atoms with Gasteiger partial charge in [0.2, 0.25) is 0 Å². The molecule has 1 aromatic heterocycles. The quantitative estimate of drug-likeness (QED) is 0.887. The van der Waals surface area contributed by atoms with Crippen LogP contribution in [0.2, 0.25) is 0 Å². The van der Waals surface area contributed by atoms with Gasteiger partial charge in [-0.1, -0.05) is 0 Å². The molecule has 0 aliphatic carbocycles. The lowest BCUT2D eigenvalue weighted by atomic mass is 10.3. The molecule has 0 saturated heterocycles. The molecule has 0 fully saturated rings. The largest absolute Gasteiger partial charge is 0.494 e. The second-order valence-electron chi connectivity index (χ2n) is 3.91. The Morgan fingerprint density at radius 1 is 1.16 bits per heavy atom. The molecule has 0 radical (unpaired) electrons. The minimum Gasteiger partial charge on any atom is -0.494 e. The van der Waals surface area contributed by atoms with E-state index in [4.69, 9.17) is 4.74 Å². The first-order valence-electron chi connectivity index (χ1n) is 5.76. The number of hydrogen-bond donors (Lipinski definition) is 2. The number of nitrogens with zero attached hydrogens (tertiary/aromatic N) is 2. The molecule has 0 spiro atoms. The van der Waals surface area contributed by atoms with Gasteiger partial charge in [0, 0.05) is 24.9 Å². The Hall–Kier alpha value is -2.37. The van der Waals surface area contributed by atoms with Crippen LogP contribution in [0.1, 0.15) is 5.82 Å². The fourth-order valence-corrected chi connectivity index (χ4v) is 1.65. The van der Waals surface area contributed by atoms with Crippen LogP contribution in [0.5, 0.6) is 5.75 Å². The van der Waals surface area contributed by atoms with E-state index in [0.29, 0.717) is 23.1 Å². The van der Waals surface area contributed by atoms with E-state index in [1.54, 1.807) is 32.2 Å². The number of halogens is 1. The van der Waals surface area contributed by atoms with Crippen molar-refractivity contribution in [2.24, 2.45) is 0 Å². The summed E-state index contributed by atoms with van der Waals surface area (Å²) in [6.45, 7) is 1.79. The minimum absolute atomic E-state index is 0.209. The summed E-state index contributed by atoms with van der Waals surface area (Å²) in [6, 6.07) is 6.38. The zero-order valence-corrected chi connectivity index (χ0v) is 11.0. The maximum absolute atomic E-state index is 13.6. The van der Waals surface area contributed by atoms with E-state index in [-0.39, 0.29) is 5.75 Å². The van der Waals surface area contributed by atoms with Crippen molar-refractivity contribution in [2.45, 2.75) is 6.92 Å². The van der Waals surface area contributed by atoms with Gasteiger partial charge in [-0.2, -0.15) is 0 Å². The van der Waals surface area contributed by atoms with Crippen molar-refractivity contribution in [2.75, 3.05) is 24.8 Å². The van der Waals surface area contributed by atoms with Gasteiger partial charge < -0.3 is 15.4 Å². The SMILES string of the molecule is CNc1cc(Nc2ccc(OC)c(F)c2)nc(C)n1. The Morgan fingerprint density at radius 3 is 2.53 bits per heavy atom. The molecule has 0 saturated carbocycles. The topological polar surface area (TPSA) is 59.1 Å². The molecule has 0 aliphatic rings. The number of hydrogen-bond acceptors (Lipinski definition) is 5. The third-order valence-corrected chi connectivity index (χ3v) is 2.52. The Bertz CT molecular complexity index is 589. The van der Waals surface area contributed by atoms with E-state index in [9.17, 15) is 4.39 Å². The van der Waals surface area contributed by atoms with Crippen LogP contribution in [-0.2, 0) is 0 Å². The highest BCUT2D eigenvalue weighted by Crippen LogP contribution is 2.23. The summed E-state index contributed by atoms with van der Waals surface area (Å²) in [6.07, 6.45) is 0. The lowest BCUT2D eigenvalue weighted by molar-refractivity contribution is 0.386. The first kappa shape index (κ1) is 13.1. The Morgan fingerprint density at radius 2 is 1.89 bits per heavy atom. The summed E-state index contributed by atoms with van der Waals surface area (Å²) in [5, 5.41) is 5.96. The molecule has 1 aromatic carbocycles. The highest BCUT2D eigenvalue weighted by Gasteiger charge is 2.05. The van der Waals surface area contributed by atoms with Crippen molar-refractivity contribution < 1.29 is 9.13 Å². The van der Waals surface area contributed by atoms with Gasteiger partial charge in [0.15, 0.2) is 11.6 Å². The number of aromatic nitrogens is 2. The number of benzene rings is 1. The van der Waals surface area contributed by atoms with Gasteiger partial charge >= 0.3 is 0 Å². The second-order valence-corrected chi connectivity index (χ2v) is 3.91. The summed E-state index contributed by atoms with van der Waals surface area (Å²) in [7, 11) is 3.21. The third kappa shape index (κ3) is 3.09. The zero-order valence-electron chi connectivity index (χ0n) is 11.0. The average Bonchev–Trinajstić information content (AvgIpc) is 2.38. The molecule has 19 heavy (non-hydrogen) atoms. The van der Waals surface area contributed by atoms with E-state index in [1.807, 2.05) is 0 Å². The number of aryl methyl sites for hydroxylation is 1. The van der Waals surface area contributed by atoms with Crippen LogP contribution < -0.4 is 15.4 Å². The molecular formula is C13H15FN4O. The molecule has 0 atom stereocenters. The Labute approximate surface area is 110 Å². The van der Waals surface area contributed by atoms with Crippen molar-refractivity contribution in [3.63, 3.8) is 0 Å². The van der Waals surface area contributed by atoms with Gasteiger partial charge in [-0.3, -0.25) is 0 Å². The molecule has 5 nitrogen and oxygen atoms in total. The fraction of sp³-hybridized carbons (Fsp3) is 0.231. The van der Waals surface area contributed by atoms with Gasteiger partial charge in [-0.25, -0.2) is 14.4 Å².